The number of rotatable bonds is 6. The maximum absolute atomic E-state index is 14.4. The fraction of sp³-hybridized carbons (Fsp3) is 0.211. The van der Waals surface area contributed by atoms with Crippen molar-refractivity contribution in [1.29, 1.82) is 0 Å². The third kappa shape index (κ3) is 6.00. The SMILES string of the molecule is O=C(O)C(=O)Nc1cccc(C(=O)Nc2c(Br)cc(C(F)(C(F)(F)F)C(F)(F)F)cc2OC(F)F)c1. The van der Waals surface area contributed by atoms with Crippen LogP contribution in [0.15, 0.2) is 40.9 Å². The number of halogens is 10. The molecule has 2 aromatic rings. The van der Waals surface area contributed by atoms with Crippen LogP contribution in [0.5, 0.6) is 5.75 Å². The molecule has 0 aliphatic heterocycles. The highest BCUT2D eigenvalue weighted by molar-refractivity contribution is 9.10. The van der Waals surface area contributed by atoms with E-state index in [0.717, 1.165) is 24.3 Å². The van der Waals surface area contributed by atoms with Crippen molar-refractivity contribution in [2.75, 3.05) is 10.6 Å². The van der Waals surface area contributed by atoms with Gasteiger partial charge in [-0.3, -0.25) is 9.59 Å². The Hall–Kier alpha value is -3.50. The van der Waals surface area contributed by atoms with E-state index in [1.165, 1.54) is 0 Å². The second-order valence-corrected chi connectivity index (χ2v) is 7.51. The first-order chi connectivity index (χ1) is 16.4. The molecule has 0 saturated heterocycles. The molecule has 0 saturated carbocycles. The summed E-state index contributed by atoms with van der Waals surface area (Å²) in [4.78, 5) is 34.4. The third-order valence-electron chi connectivity index (χ3n) is 4.26. The molecule has 0 unspecified atom stereocenters. The van der Waals surface area contributed by atoms with E-state index in [0.29, 0.717) is 0 Å². The third-order valence-corrected chi connectivity index (χ3v) is 4.89. The van der Waals surface area contributed by atoms with E-state index in [2.05, 4.69) is 20.7 Å². The van der Waals surface area contributed by atoms with E-state index in [9.17, 15) is 53.9 Å². The lowest BCUT2D eigenvalue weighted by Gasteiger charge is -2.31. The molecule has 36 heavy (non-hydrogen) atoms. The summed E-state index contributed by atoms with van der Waals surface area (Å²) < 4.78 is 122. The molecule has 0 aliphatic carbocycles. The predicted molar refractivity (Wildman–Crippen MR) is 106 cm³/mol. The van der Waals surface area contributed by atoms with Crippen LogP contribution in [-0.4, -0.2) is 41.9 Å². The molecule has 2 amide bonds. The second-order valence-electron chi connectivity index (χ2n) is 6.66. The lowest BCUT2D eigenvalue weighted by Crippen LogP contribution is -2.50. The highest BCUT2D eigenvalue weighted by atomic mass is 79.9. The summed E-state index contributed by atoms with van der Waals surface area (Å²) in [6.45, 7) is -3.82. The van der Waals surface area contributed by atoms with Gasteiger partial charge < -0.3 is 20.5 Å². The molecular formula is C19H10BrF9N2O5. The predicted octanol–water partition coefficient (Wildman–Crippen LogP) is 5.62. The average molecular weight is 597 g/mol. The van der Waals surface area contributed by atoms with Crippen molar-refractivity contribution in [1.82, 2.24) is 0 Å². The monoisotopic (exact) mass is 596 g/mol. The van der Waals surface area contributed by atoms with Crippen LogP contribution >= 0.6 is 15.9 Å². The lowest BCUT2D eigenvalue weighted by atomic mass is 9.93. The van der Waals surface area contributed by atoms with E-state index in [4.69, 9.17) is 5.11 Å². The van der Waals surface area contributed by atoms with Crippen LogP contribution in [0.2, 0.25) is 0 Å². The summed E-state index contributed by atoms with van der Waals surface area (Å²) in [5.41, 5.74) is -9.63. The molecule has 7 nitrogen and oxygen atoms in total. The highest BCUT2D eigenvalue weighted by Gasteiger charge is 2.73. The molecule has 196 valence electrons. The van der Waals surface area contributed by atoms with Crippen molar-refractivity contribution in [2.24, 2.45) is 0 Å². The first-order valence-corrected chi connectivity index (χ1v) is 9.74. The van der Waals surface area contributed by atoms with Crippen molar-refractivity contribution < 1.29 is 63.7 Å². The minimum Gasteiger partial charge on any atom is -0.474 e. The van der Waals surface area contributed by atoms with Crippen molar-refractivity contribution >= 4 is 45.1 Å². The van der Waals surface area contributed by atoms with E-state index in [-0.39, 0.29) is 23.4 Å². The number of aliphatic carboxylic acids is 1. The Kier molecular flexibility index (Phi) is 8.17. The zero-order chi connectivity index (χ0) is 27.6. The van der Waals surface area contributed by atoms with Gasteiger partial charge in [0.05, 0.1) is 5.69 Å². The van der Waals surface area contributed by atoms with Gasteiger partial charge in [-0.2, -0.15) is 35.1 Å². The molecule has 0 spiro atoms. The fourth-order valence-electron chi connectivity index (χ4n) is 2.69. The van der Waals surface area contributed by atoms with E-state index in [1.54, 1.807) is 0 Å². The smallest absolute Gasteiger partial charge is 0.435 e. The first-order valence-electron chi connectivity index (χ1n) is 8.95. The Morgan fingerprint density at radius 2 is 1.50 bits per heavy atom. The van der Waals surface area contributed by atoms with Crippen LogP contribution in [-0.2, 0) is 15.3 Å². The largest absolute Gasteiger partial charge is 0.474 e. The summed E-state index contributed by atoms with van der Waals surface area (Å²) in [7, 11) is 0. The van der Waals surface area contributed by atoms with Crippen molar-refractivity contribution in [3.05, 3.63) is 52.0 Å². The topological polar surface area (TPSA) is 105 Å². The zero-order valence-electron chi connectivity index (χ0n) is 16.9. The average Bonchev–Trinajstić information content (AvgIpc) is 2.73. The van der Waals surface area contributed by atoms with E-state index < -0.39 is 63.9 Å². The highest BCUT2D eigenvalue weighted by Crippen LogP contribution is 2.55. The number of alkyl halides is 9. The molecule has 0 fully saturated rings. The fourth-order valence-corrected chi connectivity index (χ4v) is 3.23. The number of amides is 2. The molecule has 2 aromatic carbocycles. The molecule has 0 heterocycles. The van der Waals surface area contributed by atoms with Crippen molar-refractivity contribution in [3.63, 3.8) is 0 Å². The van der Waals surface area contributed by atoms with Crippen LogP contribution in [0.1, 0.15) is 15.9 Å². The second kappa shape index (κ2) is 10.2. The van der Waals surface area contributed by atoms with Gasteiger partial charge in [-0.15, -0.1) is 0 Å². The number of carboxylic acid groups (broad SMARTS) is 1. The summed E-state index contributed by atoms with van der Waals surface area (Å²) in [6, 6.07) is 3.96. The van der Waals surface area contributed by atoms with Gasteiger partial charge in [0.15, 0.2) is 5.75 Å². The molecule has 0 atom stereocenters. The van der Waals surface area contributed by atoms with Crippen molar-refractivity contribution in [3.8, 4) is 5.75 Å². The Bertz CT molecular complexity index is 1170. The maximum Gasteiger partial charge on any atom is 0.435 e. The van der Waals surface area contributed by atoms with Gasteiger partial charge in [0.1, 0.15) is 0 Å². The lowest BCUT2D eigenvalue weighted by molar-refractivity contribution is -0.348. The number of ether oxygens (including phenoxy) is 1. The minimum atomic E-state index is -6.56. The number of carbonyl (C=O) groups is 3. The number of hydrogen-bond acceptors (Lipinski definition) is 4. The maximum atomic E-state index is 14.4. The number of nitrogens with one attached hydrogen (secondary N) is 2. The normalized spacial score (nSPS) is 12.3. The van der Waals surface area contributed by atoms with E-state index >= 15 is 0 Å². The number of carbonyl (C=O) groups excluding carboxylic acids is 2. The summed E-state index contributed by atoms with van der Waals surface area (Å²) in [6.07, 6.45) is -13.1. The summed E-state index contributed by atoms with van der Waals surface area (Å²) >= 11 is 2.51. The Morgan fingerprint density at radius 1 is 0.917 bits per heavy atom. The Morgan fingerprint density at radius 3 is 2.00 bits per heavy atom. The molecule has 0 bridgehead atoms. The number of anilines is 2. The van der Waals surface area contributed by atoms with Crippen LogP contribution < -0.4 is 15.4 Å². The van der Waals surface area contributed by atoms with Gasteiger partial charge in [-0.05, 0) is 46.3 Å². The van der Waals surface area contributed by atoms with Crippen LogP contribution in [0, 0.1) is 0 Å². The molecule has 2 rings (SSSR count). The molecule has 0 radical (unpaired) electrons. The molecule has 17 heteroatoms. The first kappa shape index (κ1) is 28.7. The van der Waals surface area contributed by atoms with Crippen LogP contribution in [0.3, 0.4) is 0 Å². The summed E-state index contributed by atoms with van der Waals surface area (Å²) in [5.74, 6) is -6.02. The minimum absolute atomic E-state index is 0.0293. The summed E-state index contributed by atoms with van der Waals surface area (Å²) in [5, 5.41) is 12.4. The number of hydrogen-bond donors (Lipinski definition) is 3. The van der Waals surface area contributed by atoms with Gasteiger partial charge in [-0.25, -0.2) is 9.18 Å². The van der Waals surface area contributed by atoms with Gasteiger partial charge >= 0.3 is 36.5 Å². The quantitative estimate of drug-likeness (QED) is 0.297. The van der Waals surface area contributed by atoms with Crippen molar-refractivity contribution in [2.45, 2.75) is 24.6 Å². The van der Waals surface area contributed by atoms with E-state index in [1.807, 2.05) is 10.6 Å². The van der Waals surface area contributed by atoms with Gasteiger partial charge in [-0.1, -0.05) is 6.07 Å². The molecule has 3 N–H and O–H groups in total. The standard InChI is InChI=1S/C19H10BrF9N2O5/c20-10-5-8(17(23,18(24,25)26)19(27,28)29)6-11(36-16(21)22)12(10)31-13(32)7-2-1-3-9(4-7)30-14(33)15(34)35/h1-6,16H,(H,30,33)(H,31,32)(H,34,35). The molecule has 0 aliphatic rings. The molecule has 0 aromatic heterocycles. The Balaban J connectivity index is 2.55. The van der Waals surface area contributed by atoms with Crippen LogP contribution in [0.4, 0.5) is 50.9 Å². The van der Waals surface area contributed by atoms with Gasteiger partial charge in [0.2, 0.25) is 0 Å². The number of benzene rings is 2. The number of carboxylic acids is 1. The van der Waals surface area contributed by atoms with Gasteiger partial charge in [0, 0.05) is 21.3 Å². The molecular weight excluding hydrogens is 587 g/mol. The Labute approximate surface area is 202 Å². The van der Waals surface area contributed by atoms with Crippen LogP contribution in [0.25, 0.3) is 0 Å². The zero-order valence-corrected chi connectivity index (χ0v) is 18.5. The van der Waals surface area contributed by atoms with Gasteiger partial charge in [0.25, 0.3) is 5.91 Å².